The molecule has 3 aliphatic heterocycles. The molecule has 6 heteroatoms. The van der Waals surface area contributed by atoms with Crippen LogP contribution in [-0.4, -0.2) is 49.4 Å². The normalized spacial score (nSPS) is 18.5. The summed E-state index contributed by atoms with van der Waals surface area (Å²) in [5.41, 5.74) is 4.57. The highest BCUT2D eigenvalue weighted by Crippen LogP contribution is 2.37. The van der Waals surface area contributed by atoms with Gasteiger partial charge in [0, 0.05) is 44.7 Å². The van der Waals surface area contributed by atoms with E-state index in [9.17, 15) is 14.0 Å². The summed E-state index contributed by atoms with van der Waals surface area (Å²) in [6, 6.07) is 10.7. The van der Waals surface area contributed by atoms with Crippen LogP contribution >= 0.6 is 0 Å². The molecular weight excluding hydrogens is 357 g/mol. The number of benzene rings is 2. The molecule has 0 aliphatic carbocycles. The lowest BCUT2D eigenvalue weighted by Gasteiger charge is -2.36. The largest absolute Gasteiger partial charge is 0.366 e. The minimum absolute atomic E-state index is 0.0302. The predicted molar refractivity (Wildman–Crippen MR) is 105 cm³/mol. The van der Waals surface area contributed by atoms with Gasteiger partial charge in [-0.3, -0.25) is 9.59 Å². The lowest BCUT2D eigenvalue weighted by molar-refractivity contribution is -0.118. The SMILES string of the molecule is O=C(c1cc2c3c(c1)CCN3C(=O)CC2)N1CCN(c2ccccc2F)CC1. The third-order valence-electron chi connectivity index (χ3n) is 6.06. The number of carbonyl (C=O) groups is 2. The first kappa shape index (κ1) is 17.2. The summed E-state index contributed by atoms with van der Waals surface area (Å²) in [6.07, 6.45) is 2.04. The maximum Gasteiger partial charge on any atom is 0.253 e. The Morgan fingerprint density at radius 2 is 1.61 bits per heavy atom. The van der Waals surface area contributed by atoms with Gasteiger partial charge in [-0.15, -0.1) is 0 Å². The molecule has 0 aromatic heterocycles. The Balaban J connectivity index is 1.33. The molecule has 5 nitrogen and oxygen atoms in total. The molecule has 3 heterocycles. The molecular formula is C22H22FN3O2. The fourth-order valence-electron chi connectivity index (χ4n) is 4.62. The van der Waals surface area contributed by atoms with E-state index in [-0.39, 0.29) is 17.6 Å². The molecule has 2 aromatic rings. The zero-order chi connectivity index (χ0) is 19.3. The quantitative estimate of drug-likeness (QED) is 0.806. The molecule has 0 N–H and O–H groups in total. The van der Waals surface area contributed by atoms with Crippen LogP contribution in [0.4, 0.5) is 15.8 Å². The Labute approximate surface area is 163 Å². The Morgan fingerprint density at radius 1 is 0.893 bits per heavy atom. The van der Waals surface area contributed by atoms with E-state index in [0.717, 1.165) is 29.8 Å². The summed E-state index contributed by atoms with van der Waals surface area (Å²) in [4.78, 5) is 30.9. The molecule has 2 aromatic carbocycles. The average Bonchev–Trinajstić information content (AvgIpc) is 3.16. The highest BCUT2D eigenvalue weighted by Gasteiger charge is 2.33. The minimum Gasteiger partial charge on any atom is -0.366 e. The fraction of sp³-hybridized carbons (Fsp3) is 0.364. The van der Waals surface area contributed by atoms with E-state index in [0.29, 0.717) is 50.3 Å². The number of aryl methyl sites for hydroxylation is 1. The first-order valence-corrected chi connectivity index (χ1v) is 9.87. The van der Waals surface area contributed by atoms with Gasteiger partial charge in [0.25, 0.3) is 5.91 Å². The average molecular weight is 379 g/mol. The zero-order valence-electron chi connectivity index (χ0n) is 15.7. The number of carbonyl (C=O) groups excluding carboxylic acids is 2. The molecule has 0 radical (unpaired) electrons. The van der Waals surface area contributed by atoms with Crippen LogP contribution < -0.4 is 9.80 Å². The molecule has 144 valence electrons. The highest BCUT2D eigenvalue weighted by molar-refractivity contribution is 6.01. The van der Waals surface area contributed by atoms with Crippen LogP contribution in [0.3, 0.4) is 0 Å². The summed E-state index contributed by atoms with van der Waals surface area (Å²) in [5, 5.41) is 0. The Kier molecular flexibility index (Phi) is 4.07. The van der Waals surface area contributed by atoms with E-state index in [1.165, 1.54) is 6.07 Å². The van der Waals surface area contributed by atoms with Gasteiger partial charge in [-0.2, -0.15) is 0 Å². The van der Waals surface area contributed by atoms with E-state index < -0.39 is 0 Å². The number of anilines is 2. The second-order valence-corrected chi connectivity index (χ2v) is 7.67. The van der Waals surface area contributed by atoms with Gasteiger partial charge >= 0.3 is 0 Å². The standard InChI is InChI=1S/C22H22FN3O2/c23-18-3-1-2-4-19(18)24-9-11-25(12-10-24)22(28)17-13-15-5-6-20(27)26-8-7-16(14-17)21(15)26/h1-4,13-14H,5-12H2. The van der Waals surface area contributed by atoms with Crippen molar-refractivity contribution < 1.29 is 14.0 Å². The Bertz CT molecular complexity index is 966. The van der Waals surface area contributed by atoms with E-state index in [1.807, 2.05) is 32.9 Å². The second kappa shape index (κ2) is 6.62. The van der Waals surface area contributed by atoms with Crippen LogP contribution in [0.15, 0.2) is 36.4 Å². The van der Waals surface area contributed by atoms with Gasteiger partial charge in [-0.05, 0) is 48.2 Å². The van der Waals surface area contributed by atoms with Crippen molar-refractivity contribution in [2.75, 3.05) is 42.5 Å². The van der Waals surface area contributed by atoms with Crippen LogP contribution in [0.5, 0.6) is 0 Å². The van der Waals surface area contributed by atoms with Crippen molar-refractivity contribution in [3.63, 3.8) is 0 Å². The van der Waals surface area contributed by atoms with Gasteiger partial charge in [0.2, 0.25) is 5.91 Å². The van der Waals surface area contributed by atoms with Crippen molar-refractivity contribution in [3.05, 3.63) is 58.9 Å². The summed E-state index contributed by atoms with van der Waals surface area (Å²) < 4.78 is 14.0. The molecule has 0 saturated carbocycles. The molecule has 0 unspecified atom stereocenters. The number of piperazine rings is 1. The topological polar surface area (TPSA) is 43.9 Å². The number of amides is 2. The summed E-state index contributed by atoms with van der Waals surface area (Å²) >= 11 is 0. The maximum absolute atomic E-state index is 14.0. The molecule has 3 aliphatic rings. The number of rotatable bonds is 2. The molecule has 28 heavy (non-hydrogen) atoms. The Morgan fingerprint density at radius 3 is 2.36 bits per heavy atom. The Hall–Kier alpha value is -2.89. The third-order valence-corrected chi connectivity index (χ3v) is 6.06. The first-order valence-electron chi connectivity index (χ1n) is 9.87. The van der Waals surface area contributed by atoms with Gasteiger partial charge in [0.15, 0.2) is 0 Å². The predicted octanol–water partition coefficient (Wildman–Crippen LogP) is 2.62. The highest BCUT2D eigenvalue weighted by atomic mass is 19.1. The number of nitrogens with zero attached hydrogens (tertiary/aromatic N) is 3. The summed E-state index contributed by atoms with van der Waals surface area (Å²) in [5.74, 6) is -0.00345. The van der Waals surface area contributed by atoms with Crippen LogP contribution in [0.25, 0.3) is 0 Å². The van der Waals surface area contributed by atoms with E-state index in [2.05, 4.69) is 0 Å². The van der Waals surface area contributed by atoms with Gasteiger partial charge < -0.3 is 14.7 Å². The number of hydrogen-bond acceptors (Lipinski definition) is 3. The van der Waals surface area contributed by atoms with Gasteiger partial charge in [-0.1, -0.05) is 12.1 Å². The maximum atomic E-state index is 14.0. The third kappa shape index (κ3) is 2.75. The van der Waals surface area contributed by atoms with E-state index in [4.69, 9.17) is 0 Å². The molecule has 2 amide bonds. The number of para-hydroxylation sites is 1. The second-order valence-electron chi connectivity index (χ2n) is 7.67. The first-order chi connectivity index (χ1) is 13.6. The molecule has 1 fully saturated rings. The van der Waals surface area contributed by atoms with E-state index in [1.54, 1.807) is 12.1 Å². The molecule has 0 spiro atoms. The molecule has 1 saturated heterocycles. The summed E-state index contributed by atoms with van der Waals surface area (Å²) in [7, 11) is 0. The van der Waals surface area contributed by atoms with Crippen molar-refractivity contribution >= 4 is 23.2 Å². The van der Waals surface area contributed by atoms with Gasteiger partial charge in [-0.25, -0.2) is 4.39 Å². The smallest absolute Gasteiger partial charge is 0.253 e. The van der Waals surface area contributed by atoms with Gasteiger partial charge in [0.05, 0.1) is 11.4 Å². The lowest BCUT2D eigenvalue weighted by atomic mass is 9.96. The van der Waals surface area contributed by atoms with E-state index >= 15 is 0 Å². The van der Waals surface area contributed by atoms with Crippen molar-refractivity contribution in [1.29, 1.82) is 0 Å². The van der Waals surface area contributed by atoms with Crippen LogP contribution in [-0.2, 0) is 17.6 Å². The number of hydrogen-bond donors (Lipinski definition) is 0. The fourth-order valence-corrected chi connectivity index (χ4v) is 4.62. The summed E-state index contributed by atoms with van der Waals surface area (Å²) in [6.45, 7) is 3.11. The van der Waals surface area contributed by atoms with Crippen LogP contribution in [0.2, 0.25) is 0 Å². The number of halogens is 1. The van der Waals surface area contributed by atoms with Crippen molar-refractivity contribution in [2.45, 2.75) is 19.3 Å². The van der Waals surface area contributed by atoms with Crippen molar-refractivity contribution in [3.8, 4) is 0 Å². The zero-order valence-corrected chi connectivity index (χ0v) is 15.7. The van der Waals surface area contributed by atoms with Crippen molar-refractivity contribution in [1.82, 2.24) is 4.90 Å². The van der Waals surface area contributed by atoms with Crippen LogP contribution in [0, 0.1) is 5.82 Å². The van der Waals surface area contributed by atoms with Crippen molar-refractivity contribution in [2.24, 2.45) is 0 Å². The molecule has 5 rings (SSSR count). The van der Waals surface area contributed by atoms with Crippen LogP contribution in [0.1, 0.15) is 27.9 Å². The van der Waals surface area contributed by atoms with Gasteiger partial charge in [0.1, 0.15) is 5.82 Å². The molecule has 0 bridgehead atoms. The molecule has 0 atom stereocenters. The lowest BCUT2D eigenvalue weighted by Crippen LogP contribution is -2.49. The monoisotopic (exact) mass is 379 g/mol. The minimum atomic E-state index is -0.223.